The van der Waals surface area contributed by atoms with Crippen LogP contribution in [0.4, 0.5) is 0 Å². The Morgan fingerprint density at radius 1 is 1.73 bits per heavy atom. The van der Waals surface area contributed by atoms with Crippen LogP contribution in [0.25, 0.3) is 0 Å². The number of carbonyl (C=O) groups excluding carboxylic acids is 1. The van der Waals surface area contributed by atoms with E-state index >= 15 is 0 Å². The summed E-state index contributed by atoms with van der Waals surface area (Å²) >= 11 is 4.83. The van der Waals surface area contributed by atoms with E-state index in [1.165, 1.54) is 11.3 Å². The molecule has 3 nitrogen and oxygen atoms in total. The molecule has 0 fully saturated rings. The second kappa shape index (κ2) is 5.51. The van der Waals surface area contributed by atoms with E-state index in [9.17, 15) is 4.79 Å². The second-order valence-electron chi connectivity index (χ2n) is 3.28. The molecule has 1 rings (SSSR count). The molecule has 1 aromatic heterocycles. The fraction of sp³-hybridized carbons (Fsp3) is 0.500. The lowest BCUT2D eigenvalue weighted by Gasteiger charge is -2.18. The normalized spacial score (nSPS) is 12.3. The van der Waals surface area contributed by atoms with E-state index in [1.54, 1.807) is 19.1 Å². The summed E-state index contributed by atoms with van der Waals surface area (Å²) in [7, 11) is 3.37. The summed E-state index contributed by atoms with van der Waals surface area (Å²) in [6, 6.07) is 1.81. The van der Waals surface area contributed by atoms with Crippen molar-refractivity contribution in [1.82, 2.24) is 4.90 Å². The molecule has 1 amide bonds. The van der Waals surface area contributed by atoms with Crippen LogP contribution in [0.1, 0.15) is 16.6 Å². The Balaban J connectivity index is 2.76. The maximum Gasteiger partial charge on any atom is 0.267 e. The molecule has 1 heterocycles. The number of halogens is 1. The van der Waals surface area contributed by atoms with Crippen molar-refractivity contribution in [2.75, 3.05) is 20.7 Å². The molecule has 1 unspecified atom stereocenters. The Bertz CT molecular complexity index is 338. The molecule has 84 valence electrons. The number of hydrogen-bond acceptors (Lipinski definition) is 3. The van der Waals surface area contributed by atoms with Crippen LogP contribution >= 0.6 is 27.3 Å². The van der Waals surface area contributed by atoms with Crippen LogP contribution < -0.4 is 4.74 Å². The third-order valence-corrected chi connectivity index (χ3v) is 3.09. The van der Waals surface area contributed by atoms with Gasteiger partial charge in [0.05, 0.1) is 7.11 Å². The van der Waals surface area contributed by atoms with E-state index in [4.69, 9.17) is 4.74 Å². The highest BCUT2D eigenvalue weighted by molar-refractivity contribution is 9.09. The van der Waals surface area contributed by atoms with Crippen LogP contribution in [-0.4, -0.2) is 36.3 Å². The van der Waals surface area contributed by atoms with Crippen LogP contribution in [0.15, 0.2) is 11.4 Å². The molecule has 5 heteroatoms. The number of hydrogen-bond donors (Lipinski definition) is 0. The maximum absolute atomic E-state index is 12.0. The van der Waals surface area contributed by atoms with Gasteiger partial charge in [0.15, 0.2) is 0 Å². The van der Waals surface area contributed by atoms with Gasteiger partial charge in [0, 0.05) is 18.4 Å². The Kier molecular flexibility index (Phi) is 4.60. The number of methoxy groups -OCH3 is 1. The number of carbonyl (C=O) groups is 1. The van der Waals surface area contributed by atoms with E-state index in [0.29, 0.717) is 17.2 Å². The zero-order chi connectivity index (χ0) is 11.4. The first-order valence-corrected chi connectivity index (χ1v) is 6.36. The minimum Gasteiger partial charge on any atom is -0.495 e. The molecule has 0 saturated carbocycles. The molecular weight excluding hydrogens is 278 g/mol. The average Bonchev–Trinajstić information content (AvgIpc) is 2.62. The smallest absolute Gasteiger partial charge is 0.267 e. The first-order valence-electron chi connectivity index (χ1n) is 4.57. The van der Waals surface area contributed by atoms with Crippen molar-refractivity contribution in [3.63, 3.8) is 0 Å². The summed E-state index contributed by atoms with van der Waals surface area (Å²) < 4.78 is 5.11. The topological polar surface area (TPSA) is 29.5 Å². The number of nitrogens with zero attached hydrogens (tertiary/aromatic N) is 1. The standard InChI is InChI=1S/C10H14BrNO2S/c1-7(11)6-12(2)10(13)9-8(14-3)4-5-15-9/h4-5,7H,6H2,1-3H3. The van der Waals surface area contributed by atoms with Gasteiger partial charge in [-0.25, -0.2) is 0 Å². The van der Waals surface area contributed by atoms with Crippen LogP contribution in [0, 0.1) is 0 Å². The van der Waals surface area contributed by atoms with Gasteiger partial charge in [0.2, 0.25) is 0 Å². The molecule has 0 spiro atoms. The van der Waals surface area contributed by atoms with Crippen molar-refractivity contribution in [1.29, 1.82) is 0 Å². The number of rotatable bonds is 4. The second-order valence-corrected chi connectivity index (χ2v) is 5.76. The predicted molar refractivity (Wildman–Crippen MR) is 66.2 cm³/mol. The number of amides is 1. The van der Waals surface area contributed by atoms with Crippen molar-refractivity contribution in [2.45, 2.75) is 11.8 Å². The van der Waals surface area contributed by atoms with Gasteiger partial charge in [-0.15, -0.1) is 11.3 Å². The molecule has 0 N–H and O–H groups in total. The Hall–Kier alpha value is -0.550. The lowest BCUT2D eigenvalue weighted by molar-refractivity contribution is 0.0799. The summed E-state index contributed by atoms with van der Waals surface area (Å²) in [5.74, 6) is 0.659. The largest absolute Gasteiger partial charge is 0.495 e. The molecule has 1 atom stereocenters. The summed E-state index contributed by atoms with van der Waals surface area (Å²) in [4.78, 5) is 14.6. The molecule has 1 aromatic rings. The molecule has 0 aliphatic carbocycles. The summed E-state index contributed by atoms with van der Waals surface area (Å²) in [6.07, 6.45) is 0. The molecule has 0 radical (unpaired) electrons. The predicted octanol–water partition coefficient (Wildman–Crippen LogP) is 2.61. The Morgan fingerprint density at radius 2 is 2.40 bits per heavy atom. The van der Waals surface area contributed by atoms with Gasteiger partial charge in [0.25, 0.3) is 5.91 Å². The van der Waals surface area contributed by atoms with Crippen molar-refractivity contribution < 1.29 is 9.53 Å². The summed E-state index contributed by atoms with van der Waals surface area (Å²) in [5.41, 5.74) is 0. The first-order chi connectivity index (χ1) is 7.06. The van der Waals surface area contributed by atoms with Crippen LogP contribution in [-0.2, 0) is 0 Å². The van der Waals surface area contributed by atoms with Gasteiger partial charge in [-0.2, -0.15) is 0 Å². The first kappa shape index (κ1) is 12.5. The van der Waals surface area contributed by atoms with Crippen molar-refractivity contribution in [3.05, 3.63) is 16.3 Å². The van der Waals surface area contributed by atoms with E-state index in [-0.39, 0.29) is 10.7 Å². The highest BCUT2D eigenvalue weighted by Crippen LogP contribution is 2.25. The van der Waals surface area contributed by atoms with E-state index < -0.39 is 0 Å². The summed E-state index contributed by atoms with van der Waals surface area (Å²) in [5, 5.41) is 1.86. The third-order valence-electron chi connectivity index (χ3n) is 1.92. The van der Waals surface area contributed by atoms with Crippen LogP contribution in [0.5, 0.6) is 5.75 Å². The highest BCUT2D eigenvalue weighted by Gasteiger charge is 2.18. The number of alkyl halides is 1. The van der Waals surface area contributed by atoms with Gasteiger partial charge >= 0.3 is 0 Å². The van der Waals surface area contributed by atoms with Crippen LogP contribution in [0.3, 0.4) is 0 Å². The molecular formula is C10H14BrNO2S. The minimum absolute atomic E-state index is 0.00755. The van der Waals surface area contributed by atoms with Gasteiger partial charge in [-0.1, -0.05) is 22.9 Å². The van der Waals surface area contributed by atoms with E-state index in [1.807, 2.05) is 18.4 Å². The Morgan fingerprint density at radius 3 is 2.93 bits per heavy atom. The fourth-order valence-corrected chi connectivity index (χ4v) is 2.53. The van der Waals surface area contributed by atoms with Gasteiger partial charge < -0.3 is 9.64 Å². The van der Waals surface area contributed by atoms with Gasteiger partial charge in [-0.05, 0) is 11.4 Å². The molecule has 0 aliphatic heterocycles. The van der Waals surface area contributed by atoms with Crippen molar-refractivity contribution >= 4 is 33.2 Å². The fourth-order valence-electron chi connectivity index (χ4n) is 1.25. The zero-order valence-electron chi connectivity index (χ0n) is 8.99. The third kappa shape index (κ3) is 3.21. The minimum atomic E-state index is 0.00755. The lowest BCUT2D eigenvalue weighted by Crippen LogP contribution is -2.30. The lowest BCUT2D eigenvalue weighted by atomic mass is 10.3. The van der Waals surface area contributed by atoms with Crippen LogP contribution in [0.2, 0.25) is 0 Å². The maximum atomic E-state index is 12.0. The quantitative estimate of drug-likeness (QED) is 0.798. The molecule has 15 heavy (non-hydrogen) atoms. The van der Waals surface area contributed by atoms with Crippen molar-refractivity contribution in [3.8, 4) is 5.75 Å². The molecule has 0 aromatic carbocycles. The molecule has 0 aliphatic rings. The zero-order valence-corrected chi connectivity index (χ0v) is 11.4. The van der Waals surface area contributed by atoms with Gasteiger partial charge in [0.1, 0.15) is 10.6 Å². The average molecular weight is 292 g/mol. The molecule has 0 bridgehead atoms. The summed E-state index contributed by atoms with van der Waals surface area (Å²) in [6.45, 7) is 2.69. The monoisotopic (exact) mass is 291 g/mol. The van der Waals surface area contributed by atoms with E-state index in [2.05, 4.69) is 15.9 Å². The molecule has 0 saturated heterocycles. The number of ether oxygens (including phenoxy) is 1. The van der Waals surface area contributed by atoms with Crippen molar-refractivity contribution in [2.24, 2.45) is 0 Å². The highest BCUT2D eigenvalue weighted by atomic mass is 79.9. The van der Waals surface area contributed by atoms with Gasteiger partial charge in [-0.3, -0.25) is 4.79 Å². The Labute approximate surface area is 102 Å². The number of thiophene rings is 1. The van der Waals surface area contributed by atoms with E-state index in [0.717, 1.165) is 0 Å². The SMILES string of the molecule is COc1ccsc1C(=O)N(C)CC(C)Br.